The Morgan fingerprint density at radius 1 is 1.25 bits per heavy atom. The molecule has 0 saturated carbocycles. The summed E-state index contributed by atoms with van der Waals surface area (Å²) >= 11 is 0. The van der Waals surface area contributed by atoms with Crippen LogP contribution in [-0.2, 0) is 0 Å². The van der Waals surface area contributed by atoms with Crippen LogP contribution in [0.3, 0.4) is 0 Å². The quantitative estimate of drug-likeness (QED) is 0.786. The Morgan fingerprint density at radius 3 is 2.65 bits per heavy atom. The lowest BCUT2D eigenvalue weighted by Gasteiger charge is -2.07. The molecule has 0 fully saturated rings. The lowest BCUT2D eigenvalue weighted by Crippen LogP contribution is -1.96. The van der Waals surface area contributed by atoms with E-state index in [-0.39, 0.29) is 17.1 Å². The molecule has 100 valence electrons. The monoisotopic (exact) mass is 269 g/mol. The van der Waals surface area contributed by atoms with Crippen molar-refractivity contribution in [2.75, 3.05) is 0 Å². The number of ether oxygens (including phenoxy) is 1. The van der Waals surface area contributed by atoms with Gasteiger partial charge < -0.3 is 4.74 Å². The van der Waals surface area contributed by atoms with Gasteiger partial charge in [0.15, 0.2) is 5.78 Å². The molecule has 0 N–H and O–H groups in total. The van der Waals surface area contributed by atoms with Crippen LogP contribution in [-0.4, -0.2) is 5.78 Å². The van der Waals surface area contributed by atoms with Crippen molar-refractivity contribution in [2.24, 2.45) is 0 Å². The van der Waals surface area contributed by atoms with Gasteiger partial charge in [0.25, 0.3) is 0 Å². The second-order valence-electron chi connectivity index (χ2n) is 4.16. The standard InChI is InChI=1S/C16H12FNO2/c1-2-16(19)11-4-3-5-13(8-11)20-14-7-6-12(10-18)15(17)9-14/h3-9H,2H2,1H3. The topological polar surface area (TPSA) is 50.1 Å². The molecule has 20 heavy (non-hydrogen) atoms. The van der Waals surface area contributed by atoms with E-state index in [9.17, 15) is 9.18 Å². The van der Waals surface area contributed by atoms with Crippen LogP contribution in [0.15, 0.2) is 42.5 Å². The summed E-state index contributed by atoms with van der Waals surface area (Å²) in [6, 6.07) is 12.5. The van der Waals surface area contributed by atoms with E-state index in [1.54, 1.807) is 37.3 Å². The van der Waals surface area contributed by atoms with Crippen molar-refractivity contribution >= 4 is 5.78 Å². The molecule has 0 saturated heterocycles. The van der Waals surface area contributed by atoms with Crippen molar-refractivity contribution in [1.82, 2.24) is 0 Å². The maximum atomic E-state index is 13.5. The first kappa shape index (κ1) is 13.8. The molecule has 0 radical (unpaired) electrons. The molecular formula is C16H12FNO2. The van der Waals surface area contributed by atoms with Gasteiger partial charge in [0.2, 0.25) is 0 Å². The summed E-state index contributed by atoms with van der Waals surface area (Å²) in [6.07, 6.45) is 0.412. The van der Waals surface area contributed by atoms with Crippen LogP contribution in [0.2, 0.25) is 0 Å². The first-order valence-electron chi connectivity index (χ1n) is 6.15. The Bertz CT molecular complexity index is 689. The molecule has 4 heteroatoms. The highest BCUT2D eigenvalue weighted by atomic mass is 19.1. The van der Waals surface area contributed by atoms with Gasteiger partial charge >= 0.3 is 0 Å². The normalized spacial score (nSPS) is 9.85. The molecule has 0 atom stereocenters. The molecule has 3 nitrogen and oxygen atoms in total. The molecule has 2 rings (SSSR count). The highest BCUT2D eigenvalue weighted by Gasteiger charge is 2.07. The van der Waals surface area contributed by atoms with E-state index >= 15 is 0 Å². The number of carbonyl (C=O) groups is 1. The molecule has 2 aromatic carbocycles. The fourth-order valence-electron chi connectivity index (χ4n) is 1.72. The van der Waals surface area contributed by atoms with Crippen LogP contribution in [0.1, 0.15) is 29.3 Å². The molecule has 0 unspecified atom stereocenters. The Balaban J connectivity index is 2.24. The summed E-state index contributed by atoms with van der Waals surface area (Å²) in [5, 5.41) is 8.66. The van der Waals surface area contributed by atoms with Crippen LogP contribution in [0.4, 0.5) is 4.39 Å². The molecule has 0 heterocycles. The van der Waals surface area contributed by atoms with Crippen molar-refractivity contribution in [2.45, 2.75) is 13.3 Å². The molecule has 2 aromatic rings. The van der Waals surface area contributed by atoms with E-state index in [1.165, 1.54) is 12.1 Å². The molecule has 0 spiro atoms. The first-order valence-corrected chi connectivity index (χ1v) is 6.15. The predicted octanol–water partition coefficient (Wildman–Crippen LogP) is 4.08. The van der Waals surface area contributed by atoms with Gasteiger partial charge in [-0.2, -0.15) is 5.26 Å². The SMILES string of the molecule is CCC(=O)c1cccc(Oc2ccc(C#N)c(F)c2)c1. The summed E-state index contributed by atoms with van der Waals surface area (Å²) in [4.78, 5) is 11.6. The number of nitriles is 1. The van der Waals surface area contributed by atoms with Crippen LogP contribution in [0.5, 0.6) is 11.5 Å². The summed E-state index contributed by atoms with van der Waals surface area (Å²) in [5.74, 6) is 0.114. The number of Topliss-reactive ketones (excluding diaryl/α,β-unsaturated/α-hetero) is 1. The predicted molar refractivity (Wildman–Crippen MR) is 72.3 cm³/mol. The third-order valence-electron chi connectivity index (χ3n) is 2.77. The zero-order valence-corrected chi connectivity index (χ0v) is 10.9. The molecule has 0 aliphatic rings. The van der Waals surface area contributed by atoms with Gasteiger partial charge in [-0.05, 0) is 24.3 Å². The number of halogens is 1. The largest absolute Gasteiger partial charge is 0.457 e. The first-order chi connectivity index (χ1) is 9.63. The summed E-state index contributed by atoms with van der Waals surface area (Å²) in [6.45, 7) is 1.78. The molecule has 0 bridgehead atoms. The number of benzene rings is 2. The van der Waals surface area contributed by atoms with Crippen LogP contribution >= 0.6 is 0 Å². The third kappa shape index (κ3) is 3.01. The molecule has 0 aromatic heterocycles. The Labute approximate surface area is 116 Å². The van der Waals surface area contributed by atoms with Gasteiger partial charge in [0.1, 0.15) is 23.4 Å². The van der Waals surface area contributed by atoms with Crippen molar-refractivity contribution in [3.8, 4) is 17.6 Å². The van der Waals surface area contributed by atoms with E-state index < -0.39 is 5.82 Å². The average molecular weight is 269 g/mol. The fraction of sp³-hybridized carbons (Fsp3) is 0.125. The number of hydrogen-bond donors (Lipinski definition) is 0. The van der Waals surface area contributed by atoms with Gasteiger partial charge in [-0.25, -0.2) is 4.39 Å². The Morgan fingerprint density at radius 2 is 2.00 bits per heavy atom. The average Bonchev–Trinajstić information content (AvgIpc) is 2.47. The van der Waals surface area contributed by atoms with Crippen LogP contribution < -0.4 is 4.74 Å². The number of hydrogen-bond acceptors (Lipinski definition) is 3. The number of ketones is 1. The van der Waals surface area contributed by atoms with E-state index in [2.05, 4.69) is 0 Å². The second-order valence-corrected chi connectivity index (χ2v) is 4.16. The van der Waals surface area contributed by atoms with Crippen molar-refractivity contribution in [3.05, 3.63) is 59.4 Å². The lowest BCUT2D eigenvalue weighted by atomic mass is 10.1. The molecule has 0 amide bonds. The Kier molecular flexibility index (Phi) is 4.11. The third-order valence-corrected chi connectivity index (χ3v) is 2.77. The van der Waals surface area contributed by atoms with Crippen LogP contribution in [0.25, 0.3) is 0 Å². The highest BCUT2D eigenvalue weighted by Crippen LogP contribution is 2.24. The summed E-state index contributed by atoms with van der Waals surface area (Å²) < 4.78 is 19.0. The van der Waals surface area contributed by atoms with Crippen LogP contribution in [0, 0.1) is 17.1 Å². The number of nitrogens with zero attached hydrogens (tertiary/aromatic N) is 1. The molecule has 0 aliphatic heterocycles. The smallest absolute Gasteiger partial charge is 0.162 e. The summed E-state index contributed by atoms with van der Waals surface area (Å²) in [5.41, 5.74) is 0.520. The van der Waals surface area contributed by atoms with Gasteiger partial charge in [-0.3, -0.25) is 4.79 Å². The van der Waals surface area contributed by atoms with E-state index in [0.717, 1.165) is 6.07 Å². The van der Waals surface area contributed by atoms with Crippen molar-refractivity contribution < 1.29 is 13.9 Å². The van der Waals surface area contributed by atoms with Crippen molar-refractivity contribution in [1.29, 1.82) is 5.26 Å². The Hall–Kier alpha value is -2.67. The van der Waals surface area contributed by atoms with Gasteiger partial charge in [-0.15, -0.1) is 0 Å². The highest BCUT2D eigenvalue weighted by molar-refractivity contribution is 5.96. The lowest BCUT2D eigenvalue weighted by molar-refractivity contribution is 0.0988. The van der Waals surface area contributed by atoms with Gasteiger partial charge in [0, 0.05) is 18.1 Å². The zero-order chi connectivity index (χ0) is 14.5. The summed E-state index contributed by atoms with van der Waals surface area (Å²) in [7, 11) is 0. The van der Waals surface area contributed by atoms with E-state index in [4.69, 9.17) is 10.00 Å². The maximum absolute atomic E-state index is 13.5. The molecular weight excluding hydrogens is 257 g/mol. The van der Waals surface area contributed by atoms with Gasteiger partial charge in [0.05, 0.1) is 5.56 Å². The minimum atomic E-state index is -0.634. The minimum Gasteiger partial charge on any atom is -0.457 e. The molecule has 0 aliphatic carbocycles. The fourth-order valence-corrected chi connectivity index (χ4v) is 1.72. The van der Waals surface area contributed by atoms with E-state index in [0.29, 0.717) is 17.7 Å². The van der Waals surface area contributed by atoms with Crippen molar-refractivity contribution in [3.63, 3.8) is 0 Å². The number of carbonyl (C=O) groups excluding carboxylic acids is 1. The number of rotatable bonds is 4. The van der Waals surface area contributed by atoms with Gasteiger partial charge in [-0.1, -0.05) is 19.1 Å². The van der Waals surface area contributed by atoms with E-state index in [1.807, 2.05) is 0 Å². The minimum absolute atomic E-state index is 0.0152. The maximum Gasteiger partial charge on any atom is 0.162 e. The second kappa shape index (κ2) is 5.98. The zero-order valence-electron chi connectivity index (χ0n) is 10.9.